The van der Waals surface area contributed by atoms with Gasteiger partial charge in [0.2, 0.25) is 11.8 Å². The lowest BCUT2D eigenvalue weighted by molar-refractivity contribution is -0.157. The SMILES string of the molecule is CC1NC(=O)C2(CCCC2)N(Cc2ncccn2)C1=O. The van der Waals surface area contributed by atoms with Gasteiger partial charge in [-0.15, -0.1) is 0 Å². The van der Waals surface area contributed by atoms with Crippen molar-refractivity contribution in [3.05, 3.63) is 24.3 Å². The fourth-order valence-electron chi connectivity index (χ4n) is 3.20. The van der Waals surface area contributed by atoms with Crippen LogP contribution in [-0.2, 0) is 16.1 Å². The number of nitrogens with zero attached hydrogens (tertiary/aromatic N) is 3. The molecule has 2 heterocycles. The van der Waals surface area contributed by atoms with Gasteiger partial charge in [0.15, 0.2) is 0 Å². The molecular formula is C14H18N4O2. The second-order valence-corrected chi connectivity index (χ2v) is 5.52. The first-order valence-electron chi connectivity index (χ1n) is 7.02. The Morgan fingerprint density at radius 2 is 1.95 bits per heavy atom. The predicted molar refractivity (Wildman–Crippen MR) is 71.4 cm³/mol. The summed E-state index contributed by atoms with van der Waals surface area (Å²) in [6.45, 7) is 2.03. The molecule has 1 N–H and O–H groups in total. The zero-order chi connectivity index (χ0) is 14.2. The van der Waals surface area contributed by atoms with Gasteiger partial charge in [0.25, 0.3) is 0 Å². The Balaban J connectivity index is 1.94. The highest BCUT2D eigenvalue weighted by Gasteiger charge is 2.52. The Hall–Kier alpha value is -1.98. The Kier molecular flexibility index (Phi) is 3.16. The molecule has 1 saturated heterocycles. The van der Waals surface area contributed by atoms with Gasteiger partial charge in [-0.2, -0.15) is 0 Å². The summed E-state index contributed by atoms with van der Waals surface area (Å²) in [5.74, 6) is 0.506. The standard InChI is InChI=1S/C14H18N4O2/c1-10-12(19)18(9-11-15-7-4-8-16-11)14(13(20)17-10)5-2-3-6-14/h4,7-8,10H,2-3,5-6,9H2,1H3,(H,17,20). The molecule has 1 spiro atoms. The van der Waals surface area contributed by atoms with E-state index < -0.39 is 11.6 Å². The van der Waals surface area contributed by atoms with Crippen LogP contribution in [-0.4, -0.2) is 38.3 Å². The number of nitrogens with one attached hydrogen (secondary N) is 1. The second-order valence-electron chi connectivity index (χ2n) is 5.52. The summed E-state index contributed by atoms with van der Waals surface area (Å²) in [4.78, 5) is 35.0. The Morgan fingerprint density at radius 1 is 1.30 bits per heavy atom. The first kappa shape index (κ1) is 13.0. The van der Waals surface area contributed by atoms with Gasteiger partial charge in [-0.1, -0.05) is 12.8 Å². The van der Waals surface area contributed by atoms with Crippen LogP contribution < -0.4 is 5.32 Å². The van der Waals surface area contributed by atoms with E-state index in [1.165, 1.54) is 0 Å². The molecule has 2 amide bonds. The zero-order valence-corrected chi connectivity index (χ0v) is 11.5. The van der Waals surface area contributed by atoms with Gasteiger partial charge in [0, 0.05) is 12.4 Å². The average Bonchev–Trinajstić information content (AvgIpc) is 2.94. The van der Waals surface area contributed by atoms with Crippen molar-refractivity contribution in [2.45, 2.75) is 50.7 Å². The third kappa shape index (κ3) is 1.95. The fourth-order valence-corrected chi connectivity index (χ4v) is 3.20. The molecule has 0 radical (unpaired) electrons. The number of carbonyl (C=O) groups is 2. The number of hydrogen-bond donors (Lipinski definition) is 1. The van der Waals surface area contributed by atoms with Gasteiger partial charge >= 0.3 is 0 Å². The molecule has 0 aromatic carbocycles. The van der Waals surface area contributed by atoms with Crippen molar-refractivity contribution in [2.24, 2.45) is 0 Å². The molecule has 1 saturated carbocycles. The van der Waals surface area contributed by atoms with E-state index in [1.54, 1.807) is 30.3 Å². The van der Waals surface area contributed by atoms with Crippen LogP contribution in [0.4, 0.5) is 0 Å². The first-order valence-corrected chi connectivity index (χ1v) is 7.02. The first-order chi connectivity index (χ1) is 9.63. The molecule has 1 atom stereocenters. The third-order valence-corrected chi connectivity index (χ3v) is 4.27. The van der Waals surface area contributed by atoms with Crippen LogP contribution in [0.1, 0.15) is 38.4 Å². The van der Waals surface area contributed by atoms with Crippen LogP contribution in [0.3, 0.4) is 0 Å². The molecule has 6 nitrogen and oxygen atoms in total. The predicted octanol–water partition coefficient (Wildman–Crippen LogP) is 0.636. The van der Waals surface area contributed by atoms with Crippen LogP contribution >= 0.6 is 0 Å². The maximum absolute atomic E-state index is 12.5. The minimum Gasteiger partial charge on any atom is -0.343 e. The number of piperazine rings is 1. The third-order valence-electron chi connectivity index (χ3n) is 4.27. The number of rotatable bonds is 2. The smallest absolute Gasteiger partial charge is 0.246 e. The largest absolute Gasteiger partial charge is 0.343 e. The van der Waals surface area contributed by atoms with E-state index in [0.717, 1.165) is 25.7 Å². The highest BCUT2D eigenvalue weighted by Crippen LogP contribution is 2.38. The minimum atomic E-state index is -0.692. The Morgan fingerprint density at radius 3 is 2.60 bits per heavy atom. The molecule has 20 heavy (non-hydrogen) atoms. The molecule has 1 unspecified atom stereocenters. The van der Waals surface area contributed by atoms with Crippen LogP contribution in [0.2, 0.25) is 0 Å². The van der Waals surface area contributed by atoms with Gasteiger partial charge in [-0.3, -0.25) is 9.59 Å². The van der Waals surface area contributed by atoms with E-state index in [9.17, 15) is 9.59 Å². The highest BCUT2D eigenvalue weighted by molar-refractivity contribution is 5.99. The van der Waals surface area contributed by atoms with Gasteiger partial charge in [-0.25, -0.2) is 9.97 Å². The minimum absolute atomic E-state index is 0.0296. The van der Waals surface area contributed by atoms with Crippen molar-refractivity contribution in [3.8, 4) is 0 Å². The molecule has 1 aromatic heterocycles. The molecule has 3 rings (SSSR count). The van der Waals surface area contributed by atoms with Crippen molar-refractivity contribution in [1.29, 1.82) is 0 Å². The van der Waals surface area contributed by atoms with Crippen LogP contribution in [0.25, 0.3) is 0 Å². The van der Waals surface area contributed by atoms with Crippen LogP contribution in [0.15, 0.2) is 18.5 Å². The lowest BCUT2D eigenvalue weighted by Crippen LogP contribution is -2.68. The zero-order valence-electron chi connectivity index (χ0n) is 11.5. The maximum atomic E-state index is 12.5. The van der Waals surface area contributed by atoms with Gasteiger partial charge < -0.3 is 10.2 Å². The highest BCUT2D eigenvalue weighted by atomic mass is 16.2. The summed E-state index contributed by atoms with van der Waals surface area (Å²) < 4.78 is 0. The van der Waals surface area contributed by atoms with Crippen molar-refractivity contribution >= 4 is 11.8 Å². The fraction of sp³-hybridized carbons (Fsp3) is 0.571. The molecule has 1 aliphatic heterocycles. The molecule has 106 valence electrons. The summed E-state index contributed by atoms with van der Waals surface area (Å²) in [5, 5.41) is 2.81. The van der Waals surface area contributed by atoms with Crippen molar-refractivity contribution in [1.82, 2.24) is 20.2 Å². The molecule has 0 bridgehead atoms. The summed E-state index contributed by atoms with van der Waals surface area (Å²) in [5.41, 5.74) is -0.692. The van der Waals surface area contributed by atoms with Crippen LogP contribution in [0.5, 0.6) is 0 Å². The van der Waals surface area contributed by atoms with Crippen molar-refractivity contribution < 1.29 is 9.59 Å². The lowest BCUT2D eigenvalue weighted by Gasteiger charge is -2.45. The quantitative estimate of drug-likeness (QED) is 0.858. The van der Waals surface area contributed by atoms with Gasteiger partial charge in [0.05, 0.1) is 6.54 Å². The van der Waals surface area contributed by atoms with Gasteiger partial charge in [-0.05, 0) is 25.8 Å². The number of aromatic nitrogens is 2. The maximum Gasteiger partial charge on any atom is 0.246 e. The normalized spacial score (nSPS) is 25.1. The Labute approximate surface area is 117 Å². The van der Waals surface area contributed by atoms with Crippen molar-refractivity contribution in [2.75, 3.05) is 0 Å². The number of hydrogen-bond acceptors (Lipinski definition) is 4. The number of carbonyl (C=O) groups excluding carboxylic acids is 2. The van der Waals surface area contributed by atoms with Crippen molar-refractivity contribution in [3.63, 3.8) is 0 Å². The monoisotopic (exact) mass is 274 g/mol. The molecule has 2 aliphatic rings. The summed E-state index contributed by atoms with van der Waals surface area (Å²) in [6, 6.07) is 1.26. The molecular weight excluding hydrogens is 256 g/mol. The van der Waals surface area contributed by atoms with E-state index in [2.05, 4.69) is 15.3 Å². The second kappa shape index (κ2) is 4.85. The average molecular weight is 274 g/mol. The summed E-state index contributed by atoms with van der Waals surface area (Å²) in [7, 11) is 0. The molecule has 1 aliphatic carbocycles. The van der Waals surface area contributed by atoms with E-state index in [4.69, 9.17) is 0 Å². The Bertz CT molecular complexity index is 525. The molecule has 2 fully saturated rings. The molecule has 6 heteroatoms. The summed E-state index contributed by atoms with van der Waals surface area (Å²) in [6.07, 6.45) is 6.71. The lowest BCUT2D eigenvalue weighted by atomic mass is 9.89. The summed E-state index contributed by atoms with van der Waals surface area (Å²) >= 11 is 0. The van der Waals surface area contributed by atoms with E-state index in [0.29, 0.717) is 12.4 Å². The number of amides is 2. The van der Waals surface area contributed by atoms with E-state index in [1.807, 2.05) is 0 Å². The molecule has 1 aromatic rings. The topological polar surface area (TPSA) is 75.2 Å². The van der Waals surface area contributed by atoms with E-state index in [-0.39, 0.29) is 11.8 Å². The van der Waals surface area contributed by atoms with E-state index >= 15 is 0 Å². The van der Waals surface area contributed by atoms with Gasteiger partial charge in [0.1, 0.15) is 17.4 Å². The van der Waals surface area contributed by atoms with Crippen LogP contribution in [0, 0.1) is 0 Å².